The van der Waals surface area contributed by atoms with Crippen molar-refractivity contribution in [3.05, 3.63) is 35.4 Å². The smallest absolute Gasteiger partial charge is 0.253 e. The summed E-state index contributed by atoms with van der Waals surface area (Å²) < 4.78 is 4.91. The predicted molar refractivity (Wildman–Crippen MR) is 69.4 cm³/mol. The van der Waals surface area contributed by atoms with Gasteiger partial charge in [-0.15, -0.1) is 0 Å². The van der Waals surface area contributed by atoms with Gasteiger partial charge >= 0.3 is 0 Å². The van der Waals surface area contributed by atoms with Gasteiger partial charge in [0.25, 0.3) is 5.91 Å². The zero-order valence-electron chi connectivity index (χ0n) is 10.6. The number of aryl methyl sites for hydroxylation is 1. The summed E-state index contributed by atoms with van der Waals surface area (Å²) in [6.45, 7) is 3.07. The Morgan fingerprint density at radius 2 is 2.28 bits per heavy atom. The molecule has 1 aliphatic rings. The average Bonchev–Trinajstić information content (AvgIpc) is 2.71. The van der Waals surface area contributed by atoms with Crippen molar-refractivity contribution in [1.82, 2.24) is 10.6 Å². The summed E-state index contributed by atoms with van der Waals surface area (Å²) in [6.07, 6.45) is 0. The highest BCUT2D eigenvalue weighted by Gasteiger charge is 2.29. The maximum absolute atomic E-state index is 11.8. The van der Waals surface area contributed by atoms with E-state index in [1.54, 1.807) is 7.11 Å². The molecular weight excluding hydrogens is 230 g/mol. The van der Waals surface area contributed by atoms with Crippen molar-refractivity contribution >= 4 is 11.9 Å². The molecule has 0 bridgehead atoms. The molecule has 1 aliphatic heterocycles. The van der Waals surface area contributed by atoms with Gasteiger partial charge in [0.05, 0.1) is 13.2 Å². The van der Waals surface area contributed by atoms with Crippen molar-refractivity contribution in [2.75, 3.05) is 20.3 Å². The van der Waals surface area contributed by atoms with Gasteiger partial charge in [-0.25, -0.2) is 0 Å². The first-order valence-electron chi connectivity index (χ1n) is 5.88. The van der Waals surface area contributed by atoms with Crippen LogP contribution in [0.15, 0.2) is 29.3 Å². The number of nitrogens with one attached hydrogen (secondary N) is 2. The molecule has 0 aromatic heterocycles. The molecule has 2 rings (SSSR count). The number of guanidine groups is 1. The summed E-state index contributed by atoms with van der Waals surface area (Å²) in [5.74, 6) is 0.445. The standard InChI is InChI=1S/C13H17N3O2/c1-9-4-3-5-10(8-9)11-12(17)16-13(15-11)14-6-7-18-2/h3-5,8,11H,6-7H2,1-2H3,(H2,14,15,16,17). The van der Waals surface area contributed by atoms with Gasteiger partial charge in [-0.05, 0) is 12.5 Å². The van der Waals surface area contributed by atoms with Gasteiger partial charge in [0, 0.05) is 7.11 Å². The second-order valence-electron chi connectivity index (χ2n) is 4.20. The van der Waals surface area contributed by atoms with Gasteiger partial charge in [-0.2, -0.15) is 0 Å². The minimum atomic E-state index is -0.355. The molecule has 5 heteroatoms. The second kappa shape index (κ2) is 5.64. The Hall–Kier alpha value is -1.88. The second-order valence-corrected chi connectivity index (χ2v) is 4.20. The summed E-state index contributed by atoms with van der Waals surface area (Å²) in [4.78, 5) is 16.1. The van der Waals surface area contributed by atoms with Crippen molar-refractivity contribution in [3.63, 3.8) is 0 Å². The first-order valence-corrected chi connectivity index (χ1v) is 5.88. The van der Waals surface area contributed by atoms with E-state index in [9.17, 15) is 4.79 Å². The predicted octanol–water partition coefficient (Wildman–Crippen LogP) is 0.758. The third-order valence-electron chi connectivity index (χ3n) is 2.73. The molecule has 1 aromatic rings. The van der Waals surface area contributed by atoms with E-state index in [2.05, 4.69) is 15.6 Å². The summed E-state index contributed by atoms with van der Waals surface area (Å²) >= 11 is 0. The fourth-order valence-electron chi connectivity index (χ4n) is 1.85. The van der Waals surface area contributed by atoms with Crippen LogP contribution in [0.25, 0.3) is 0 Å². The number of aliphatic imine (C=N–C) groups is 1. The van der Waals surface area contributed by atoms with Crippen LogP contribution in [0.2, 0.25) is 0 Å². The van der Waals surface area contributed by atoms with Crippen LogP contribution in [0.4, 0.5) is 0 Å². The zero-order chi connectivity index (χ0) is 13.0. The highest BCUT2D eigenvalue weighted by Crippen LogP contribution is 2.17. The van der Waals surface area contributed by atoms with Crippen molar-refractivity contribution in [2.24, 2.45) is 4.99 Å². The Balaban J connectivity index is 2.07. The number of amides is 1. The molecule has 1 aromatic carbocycles. The van der Waals surface area contributed by atoms with Gasteiger partial charge in [0.1, 0.15) is 6.04 Å². The molecule has 0 spiro atoms. The molecule has 1 atom stereocenters. The molecule has 1 amide bonds. The van der Waals surface area contributed by atoms with Crippen LogP contribution in [-0.4, -0.2) is 32.1 Å². The summed E-state index contributed by atoms with van der Waals surface area (Å²) in [6, 6.07) is 7.52. The minimum absolute atomic E-state index is 0.0724. The number of carbonyl (C=O) groups excluding carboxylic acids is 1. The van der Waals surface area contributed by atoms with Gasteiger partial charge < -0.3 is 10.1 Å². The normalized spacial score (nSPS) is 20.9. The molecule has 18 heavy (non-hydrogen) atoms. The van der Waals surface area contributed by atoms with Crippen LogP contribution in [0.1, 0.15) is 17.2 Å². The van der Waals surface area contributed by atoms with E-state index in [4.69, 9.17) is 4.74 Å². The number of hydrogen-bond donors (Lipinski definition) is 2. The highest BCUT2D eigenvalue weighted by atomic mass is 16.5. The van der Waals surface area contributed by atoms with E-state index >= 15 is 0 Å². The fraction of sp³-hybridized carbons (Fsp3) is 0.385. The lowest BCUT2D eigenvalue weighted by molar-refractivity contribution is -0.120. The summed E-state index contributed by atoms with van der Waals surface area (Å²) in [7, 11) is 1.62. The zero-order valence-corrected chi connectivity index (χ0v) is 10.6. The van der Waals surface area contributed by atoms with Gasteiger partial charge in [0.15, 0.2) is 5.96 Å². The van der Waals surface area contributed by atoms with Crippen molar-refractivity contribution in [2.45, 2.75) is 13.0 Å². The monoisotopic (exact) mass is 247 g/mol. The van der Waals surface area contributed by atoms with Gasteiger partial charge in [-0.1, -0.05) is 29.8 Å². The maximum atomic E-state index is 11.8. The van der Waals surface area contributed by atoms with E-state index in [1.807, 2.05) is 31.2 Å². The number of methoxy groups -OCH3 is 1. The Bertz CT molecular complexity index is 471. The van der Waals surface area contributed by atoms with E-state index in [0.717, 1.165) is 11.1 Å². The van der Waals surface area contributed by atoms with Crippen LogP contribution in [0, 0.1) is 6.92 Å². The number of benzene rings is 1. The molecule has 96 valence electrons. The third-order valence-corrected chi connectivity index (χ3v) is 2.73. The topological polar surface area (TPSA) is 62.7 Å². The lowest BCUT2D eigenvalue weighted by Gasteiger charge is -2.08. The molecule has 1 fully saturated rings. The molecule has 5 nitrogen and oxygen atoms in total. The van der Waals surface area contributed by atoms with Gasteiger partial charge in [0.2, 0.25) is 0 Å². The van der Waals surface area contributed by atoms with E-state index in [1.165, 1.54) is 0 Å². The average molecular weight is 247 g/mol. The molecule has 1 heterocycles. The first kappa shape index (κ1) is 12.6. The molecule has 1 saturated heterocycles. The fourth-order valence-corrected chi connectivity index (χ4v) is 1.85. The van der Waals surface area contributed by atoms with Crippen LogP contribution >= 0.6 is 0 Å². The van der Waals surface area contributed by atoms with Crippen LogP contribution in [-0.2, 0) is 9.53 Å². The van der Waals surface area contributed by atoms with Crippen LogP contribution in [0.5, 0.6) is 0 Å². The number of rotatable bonds is 4. The quantitative estimate of drug-likeness (QED) is 0.772. The third kappa shape index (κ3) is 2.87. The lowest BCUT2D eigenvalue weighted by atomic mass is 10.1. The van der Waals surface area contributed by atoms with Crippen LogP contribution in [0.3, 0.4) is 0 Å². The minimum Gasteiger partial charge on any atom is -0.383 e. The summed E-state index contributed by atoms with van der Waals surface area (Å²) in [5, 5.41) is 5.80. The molecule has 0 aliphatic carbocycles. The molecule has 2 N–H and O–H groups in total. The van der Waals surface area contributed by atoms with Crippen molar-refractivity contribution in [1.29, 1.82) is 0 Å². The highest BCUT2D eigenvalue weighted by molar-refractivity contribution is 6.06. The Morgan fingerprint density at radius 3 is 3.00 bits per heavy atom. The van der Waals surface area contributed by atoms with Crippen molar-refractivity contribution in [3.8, 4) is 0 Å². The van der Waals surface area contributed by atoms with E-state index < -0.39 is 0 Å². The molecule has 0 radical (unpaired) electrons. The SMILES string of the molecule is COCCN=C1NC(=O)C(c2cccc(C)c2)N1. The number of carbonyl (C=O) groups is 1. The number of hydrogen-bond acceptors (Lipinski definition) is 3. The maximum Gasteiger partial charge on any atom is 0.253 e. The lowest BCUT2D eigenvalue weighted by Crippen LogP contribution is -2.26. The Kier molecular flexibility index (Phi) is 3.94. The summed E-state index contributed by atoms with van der Waals surface area (Å²) in [5.41, 5.74) is 2.08. The number of nitrogens with zero attached hydrogens (tertiary/aromatic N) is 1. The molecular formula is C13H17N3O2. The number of ether oxygens (including phenoxy) is 1. The van der Waals surface area contributed by atoms with E-state index in [0.29, 0.717) is 19.1 Å². The van der Waals surface area contributed by atoms with Crippen LogP contribution < -0.4 is 10.6 Å². The van der Waals surface area contributed by atoms with E-state index in [-0.39, 0.29) is 11.9 Å². The molecule has 0 saturated carbocycles. The van der Waals surface area contributed by atoms with Gasteiger partial charge in [-0.3, -0.25) is 15.1 Å². The first-order chi connectivity index (χ1) is 8.70. The largest absolute Gasteiger partial charge is 0.383 e. The Morgan fingerprint density at radius 1 is 1.44 bits per heavy atom. The molecule has 1 unspecified atom stereocenters. The Labute approximate surface area is 106 Å². The van der Waals surface area contributed by atoms with Crippen molar-refractivity contribution < 1.29 is 9.53 Å².